The van der Waals surface area contributed by atoms with E-state index in [0.29, 0.717) is 18.3 Å². The molecule has 2 aromatic heterocycles. The number of fused-ring (bicyclic) bond motifs is 1. The van der Waals surface area contributed by atoms with E-state index in [1.807, 2.05) is 25.3 Å². The molecule has 2 heterocycles. The summed E-state index contributed by atoms with van der Waals surface area (Å²) in [4.78, 5) is 19.9. The van der Waals surface area contributed by atoms with Gasteiger partial charge >= 0.3 is 0 Å². The molecule has 2 N–H and O–H groups in total. The van der Waals surface area contributed by atoms with Crippen molar-refractivity contribution >= 4 is 44.9 Å². The minimum atomic E-state index is -0.0619. The molecule has 0 aliphatic heterocycles. The number of nitrogens with zero attached hydrogens (tertiary/aromatic N) is 2. The quantitative estimate of drug-likeness (QED) is 0.833. The second kappa shape index (κ2) is 6.16. The third-order valence-electron chi connectivity index (χ3n) is 2.40. The van der Waals surface area contributed by atoms with E-state index in [4.69, 9.17) is 11.6 Å². The molecule has 1 amide bonds. The number of aromatic nitrogens is 2. The number of hydrogen-bond acceptors (Lipinski definition) is 5. The number of amides is 1. The van der Waals surface area contributed by atoms with E-state index in [0.717, 1.165) is 10.2 Å². The molecule has 102 valence electrons. The van der Waals surface area contributed by atoms with E-state index in [-0.39, 0.29) is 17.7 Å². The van der Waals surface area contributed by atoms with Crippen LogP contribution < -0.4 is 10.6 Å². The lowest BCUT2D eigenvalue weighted by atomic mass is 10.2. The zero-order valence-electron chi connectivity index (χ0n) is 10.7. The summed E-state index contributed by atoms with van der Waals surface area (Å²) in [6.07, 6.45) is 0. The summed E-state index contributed by atoms with van der Waals surface area (Å²) in [5.74, 6) is 0.972. The molecule has 2 aromatic rings. The predicted octanol–water partition coefficient (Wildman–Crippen LogP) is 2.53. The standard InChI is InChI=1S/C12H15ClN4OS/c1-7(2)5-14-9(18)6-15-11-10-8(3-4-19-10)16-12(13)17-11/h3-4,7H,5-6H2,1-2H3,(H,14,18)(H,15,16,17). The lowest BCUT2D eigenvalue weighted by Gasteiger charge is -2.09. The first-order valence-corrected chi connectivity index (χ1v) is 7.23. The maximum absolute atomic E-state index is 11.6. The normalized spacial score (nSPS) is 10.9. The lowest BCUT2D eigenvalue weighted by molar-refractivity contribution is -0.119. The largest absolute Gasteiger partial charge is 0.360 e. The van der Waals surface area contributed by atoms with Gasteiger partial charge < -0.3 is 10.6 Å². The average molecular weight is 299 g/mol. The molecule has 0 unspecified atom stereocenters. The molecular formula is C12H15ClN4OS. The topological polar surface area (TPSA) is 66.9 Å². The molecule has 7 heteroatoms. The van der Waals surface area contributed by atoms with Gasteiger partial charge in [0, 0.05) is 6.54 Å². The first kappa shape index (κ1) is 14.0. The Morgan fingerprint density at radius 3 is 3.00 bits per heavy atom. The summed E-state index contributed by atoms with van der Waals surface area (Å²) in [6.45, 7) is 4.94. The van der Waals surface area contributed by atoms with Gasteiger partial charge in [0.1, 0.15) is 5.82 Å². The SMILES string of the molecule is CC(C)CNC(=O)CNc1nc(Cl)nc2ccsc12. The number of rotatable bonds is 5. The van der Waals surface area contributed by atoms with Crippen LogP contribution in [0.1, 0.15) is 13.8 Å². The monoisotopic (exact) mass is 298 g/mol. The van der Waals surface area contributed by atoms with Gasteiger partial charge in [-0.3, -0.25) is 4.79 Å². The van der Waals surface area contributed by atoms with E-state index in [2.05, 4.69) is 20.6 Å². The van der Waals surface area contributed by atoms with Gasteiger partial charge in [-0.1, -0.05) is 13.8 Å². The van der Waals surface area contributed by atoms with Crippen molar-refractivity contribution in [2.75, 3.05) is 18.4 Å². The number of nitrogens with one attached hydrogen (secondary N) is 2. The zero-order valence-corrected chi connectivity index (χ0v) is 12.3. The summed E-state index contributed by atoms with van der Waals surface area (Å²) in [7, 11) is 0. The van der Waals surface area contributed by atoms with Crippen LogP contribution >= 0.6 is 22.9 Å². The Balaban J connectivity index is 2.01. The molecule has 0 aliphatic rings. The second-order valence-electron chi connectivity index (χ2n) is 4.53. The maximum atomic E-state index is 11.6. The highest BCUT2D eigenvalue weighted by Crippen LogP contribution is 2.26. The third kappa shape index (κ3) is 3.78. The highest BCUT2D eigenvalue weighted by atomic mass is 35.5. The molecule has 5 nitrogen and oxygen atoms in total. The summed E-state index contributed by atoms with van der Waals surface area (Å²) in [5.41, 5.74) is 0.787. The number of hydrogen-bond donors (Lipinski definition) is 2. The Hall–Kier alpha value is -1.40. The molecule has 0 atom stereocenters. The molecule has 0 radical (unpaired) electrons. The van der Waals surface area contributed by atoms with Gasteiger partial charge in [0.2, 0.25) is 11.2 Å². The Morgan fingerprint density at radius 1 is 1.47 bits per heavy atom. The minimum absolute atomic E-state index is 0.0619. The van der Waals surface area contributed by atoms with Crippen molar-refractivity contribution < 1.29 is 4.79 Å². The Morgan fingerprint density at radius 2 is 2.26 bits per heavy atom. The fourth-order valence-corrected chi connectivity index (χ4v) is 2.47. The van der Waals surface area contributed by atoms with E-state index in [9.17, 15) is 4.79 Å². The number of carbonyl (C=O) groups is 1. The van der Waals surface area contributed by atoms with Gasteiger partial charge in [0.05, 0.1) is 16.8 Å². The highest BCUT2D eigenvalue weighted by Gasteiger charge is 2.09. The van der Waals surface area contributed by atoms with Crippen LogP contribution in [0.4, 0.5) is 5.82 Å². The number of thiophene rings is 1. The third-order valence-corrected chi connectivity index (χ3v) is 3.48. The minimum Gasteiger partial charge on any atom is -0.360 e. The molecule has 0 spiro atoms. The number of carbonyl (C=O) groups excluding carboxylic acids is 1. The van der Waals surface area contributed by atoms with Crippen LogP contribution in [0.15, 0.2) is 11.4 Å². The second-order valence-corrected chi connectivity index (χ2v) is 5.78. The zero-order chi connectivity index (χ0) is 13.8. The van der Waals surface area contributed by atoms with Crippen molar-refractivity contribution in [1.82, 2.24) is 15.3 Å². The van der Waals surface area contributed by atoms with Crippen molar-refractivity contribution in [1.29, 1.82) is 0 Å². The number of halogens is 1. The molecule has 0 saturated carbocycles. The first-order chi connectivity index (χ1) is 9.06. The molecule has 0 saturated heterocycles. The average Bonchev–Trinajstić information content (AvgIpc) is 2.81. The summed E-state index contributed by atoms with van der Waals surface area (Å²) < 4.78 is 0.904. The molecule has 0 bridgehead atoms. The molecule has 0 aliphatic carbocycles. The Labute approximate surface area is 120 Å². The van der Waals surface area contributed by atoms with Crippen LogP contribution in [-0.4, -0.2) is 29.0 Å². The maximum Gasteiger partial charge on any atom is 0.239 e. The molecule has 0 aromatic carbocycles. The van der Waals surface area contributed by atoms with Crippen molar-refractivity contribution in [3.05, 3.63) is 16.7 Å². The summed E-state index contributed by atoms with van der Waals surface area (Å²) in [6, 6.07) is 1.87. The summed E-state index contributed by atoms with van der Waals surface area (Å²) >= 11 is 7.36. The van der Waals surface area contributed by atoms with Crippen LogP contribution in [0.3, 0.4) is 0 Å². The Bertz CT molecular complexity index is 584. The molecule has 19 heavy (non-hydrogen) atoms. The smallest absolute Gasteiger partial charge is 0.239 e. The number of anilines is 1. The van der Waals surface area contributed by atoms with Crippen molar-refractivity contribution in [3.8, 4) is 0 Å². The lowest BCUT2D eigenvalue weighted by Crippen LogP contribution is -2.32. The molecule has 0 fully saturated rings. The van der Waals surface area contributed by atoms with Crippen molar-refractivity contribution in [2.45, 2.75) is 13.8 Å². The van der Waals surface area contributed by atoms with Crippen LogP contribution in [0.5, 0.6) is 0 Å². The van der Waals surface area contributed by atoms with Crippen LogP contribution in [-0.2, 0) is 4.79 Å². The van der Waals surface area contributed by atoms with Crippen molar-refractivity contribution in [3.63, 3.8) is 0 Å². The fraction of sp³-hybridized carbons (Fsp3) is 0.417. The molecular weight excluding hydrogens is 284 g/mol. The van der Waals surface area contributed by atoms with E-state index in [1.54, 1.807) is 0 Å². The van der Waals surface area contributed by atoms with E-state index < -0.39 is 0 Å². The highest BCUT2D eigenvalue weighted by molar-refractivity contribution is 7.17. The van der Waals surface area contributed by atoms with Gasteiger partial charge in [-0.05, 0) is 29.0 Å². The van der Waals surface area contributed by atoms with Crippen LogP contribution in [0.2, 0.25) is 5.28 Å². The van der Waals surface area contributed by atoms with Gasteiger partial charge in [0.25, 0.3) is 0 Å². The molecule has 2 rings (SSSR count). The first-order valence-electron chi connectivity index (χ1n) is 5.97. The fourth-order valence-electron chi connectivity index (χ4n) is 1.50. The van der Waals surface area contributed by atoms with E-state index in [1.165, 1.54) is 11.3 Å². The predicted molar refractivity (Wildman–Crippen MR) is 78.8 cm³/mol. The van der Waals surface area contributed by atoms with Gasteiger partial charge in [-0.15, -0.1) is 11.3 Å². The van der Waals surface area contributed by atoms with Gasteiger partial charge in [0.15, 0.2) is 0 Å². The summed E-state index contributed by atoms with van der Waals surface area (Å²) in [5, 5.41) is 7.93. The van der Waals surface area contributed by atoms with Crippen molar-refractivity contribution in [2.24, 2.45) is 5.92 Å². The Kier molecular flexibility index (Phi) is 4.55. The van der Waals surface area contributed by atoms with Crippen LogP contribution in [0.25, 0.3) is 10.2 Å². The van der Waals surface area contributed by atoms with Gasteiger partial charge in [-0.25, -0.2) is 4.98 Å². The van der Waals surface area contributed by atoms with Gasteiger partial charge in [-0.2, -0.15) is 4.98 Å². The van der Waals surface area contributed by atoms with E-state index >= 15 is 0 Å². The van der Waals surface area contributed by atoms with Crippen LogP contribution in [0, 0.1) is 5.92 Å².